The second kappa shape index (κ2) is 28.2. The van der Waals surface area contributed by atoms with Crippen molar-refractivity contribution in [2.45, 2.75) is 153 Å². The summed E-state index contributed by atoms with van der Waals surface area (Å²) in [5, 5.41) is 38.0. The van der Waals surface area contributed by atoms with Crippen molar-refractivity contribution in [1.82, 2.24) is 26.2 Å². The van der Waals surface area contributed by atoms with Gasteiger partial charge in [-0.25, -0.2) is 14.4 Å². The molecule has 4 aliphatic heterocycles. The lowest BCUT2D eigenvalue weighted by atomic mass is 9.83. The number of aliphatic hydroxyl groups excluding tert-OH is 1. The van der Waals surface area contributed by atoms with E-state index >= 15 is 0 Å². The molecule has 24 nitrogen and oxygen atoms in total. The molecule has 2 aromatic carbocycles. The van der Waals surface area contributed by atoms with Crippen LogP contribution < -0.4 is 47.3 Å². The Kier molecular flexibility index (Phi) is 21.9. The zero-order chi connectivity index (χ0) is 60.2. The van der Waals surface area contributed by atoms with Crippen LogP contribution in [-0.2, 0) is 49.3 Å². The number of urea groups is 1. The first-order chi connectivity index (χ1) is 38.8. The number of anilines is 3. The second-order valence-corrected chi connectivity index (χ2v) is 22.1. The van der Waals surface area contributed by atoms with Crippen molar-refractivity contribution in [2.75, 3.05) is 49.9 Å². The van der Waals surface area contributed by atoms with E-state index < -0.39 is 102 Å². The molecule has 10 N–H and O–H groups in total. The third kappa shape index (κ3) is 16.5. The molecule has 4 bridgehead atoms. The van der Waals surface area contributed by atoms with Crippen LogP contribution in [0.2, 0.25) is 5.02 Å². The summed E-state index contributed by atoms with van der Waals surface area (Å²) in [5.41, 5.74) is 5.03. The number of epoxide rings is 1. The molecule has 4 heterocycles. The topological polar surface area (TPSA) is 331 Å². The number of ether oxygens (including phenoxy) is 5. The van der Waals surface area contributed by atoms with Gasteiger partial charge in [0, 0.05) is 63.5 Å². The first kappa shape index (κ1) is 63.9. The van der Waals surface area contributed by atoms with Crippen molar-refractivity contribution in [3.8, 4) is 5.75 Å². The monoisotopic (exact) mass is 1160 g/mol. The molecule has 82 heavy (non-hydrogen) atoms. The van der Waals surface area contributed by atoms with Gasteiger partial charge in [-0.15, -0.1) is 0 Å². The van der Waals surface area contributed by atoms with E-state index in [0.29, 0.717) is 49.2 Å². The predicted molar refractivity (Wildman–Crippen MR) is 303 cm³/mol. The van der Waals surface area contributed by atoms with E-state index in [9.17, 15) is 48.6 Å². The molecule has 0 aromatic heterocycles. The molecule has 4 aliphatic rings. The lowest BCUT2D eigenvalue weighted by molar-refractivity contribution is -0.142. The van der Waals surface area contributed by atoms with Crippen LogP contribution in [0, 0.1) is 18.8 Å². The highest BCUT2D eigenvalue weighted by Gasteiger charge is 2.64. The number of hydrogen-bond acceptors (Lipinski definition) is 15. The Morgan fingerprint density at radius 2 is 1.73 bits per heavy atom. The summed E-state index contributed by atoms with van der Waals surface area (Å²) < 4.78 is 29.4. The van der Waals surface area contributed by atoms with Gasteiger partial charge in [-0.3, -0.25) is 34.6 Å². The van der Waals surface area contributed by atoms with E-state index in [1.54, 1.807) is 65.0 Å². The van der Waals surface area contributed by atoms with Gasteiger partial charge in [0.1, 0.15) is 53.0 Å². The summed E-state index contributed by atoms with van der Waals surface area (Å²) >= 11 is 6.84. The van der Waals surface area contributed by atoms with E-state index in [2.05, 4.69) is 31.9 Å². The largest absolute Gasteiger partial charge is 0.495 e. The number of aryl methyl sites for hydroxylation is 1. The molecule has 0 saturated carbocycles. The molecular weight excluding hydrogens is 1090 g/mol. The number of unbranched alkanes of at least 4 members (excludes halogenated alkanes) is 2. The highest BCUT2D eigenvalue weighted by molar-refractivity contribution is 6.35. The van der Waals surface area contributed by atoms with Crippen LogP contribution in [0.1, 0.15) is 97.1 Å². The molecule has 0 radical (unpaired) electrons. The lowest BCUT2D eigenvalue weighted by Crippen LogP contribution is -2.63. The lowest BCUT2D eigenvalue weighted by Gasteiger charge is -2.42. The molecule has 2 fully saturated rings. The molecule has 6 rings (SSSR count). The number of methoxy groups -OCH3 is 2. The van der Waals surface area contributed by atoms with Gasteiger partial charge in [0.2, 0.25) is 29.5 Å². The Morgan fingerprint density at radius 3 is 2.39 bits per heavy atom. The number of hydrogen-bond donors (Lipinski definition) is 9. The minimum atomic E-state index is -1.90. The van der Waals surface area contributed by atoms with Gasteiger partial charge in [0.25, 0.3) is 0 Å². The minimum Gasteiger partial charge on any atom is -0.495 e. The average molecular weight is 1160 g/mol. The molecule has 9 amide bonds. The average Bonchev–Trinajstić information content (AvgIpc) is 2.00. The van der Waals surface area contributed by atoms with Crippen LogP contribution in [0.3, 0.4) is 0 Å². The van der Waals surface area contributed by atoms with Gasteiger partial charge in [-0.05, 0) is 106 Å². The molecule has 2 aromatic rings. The molecular formula is C57H78ClN9O15. The highest BCUT2D eigenvalue weighted by Crippen LogP contribution is 2.49. The Morgan fingerprint density at radius 1 is 0.988 bits per heavy atom. The number of rotatable bonds is 20. The molecule has 10 atom stereocenters. The fourth-order valence-electron chi connectivity index (χ4n) is 10.3. The quantitative estimate of drug-likeness (QED) is 0.0624. The Labute approximate surface area is 482 Å². The maximum absolute atomic E-state index is 14.4. The number of allylic oxidation sites excluding steroid dienone is 3. The van der Waals surface area contributed by atoms with Gasteiger partial charge < -0.3 is 70.7 Å². The number of carbonyl (C=O) groups is 8. The maximum Gasteiger partial charge on any atom is 0.412 e. The predicted octanol–water partition coefficient (Wildman–Crippen LogP) is 4.97. The minimum absolute atomic E-state index is 0.0640. The molecule has 1 unspecified atom stereocenters. The van der Waals surface area contributed by atoms with Crippen LogP contribution in [0.5, 0.6) is 5.75 Å². The van der Waals surface area contributed by atoms with Gasteiger partial charge in [-0.1, -0.05) is 62.6 Å². The molecule has 448 valence electrons. The summed E-state index contributed by atoms with van der Waals surface area (Å²) in [7, 11) is 4.41. The van der Waals surface area contributed by atoms with Gasteiger partial charge >= 0.3 is 18.2 Å². The highest BCUT2D eigenvalue weighted by atomic mass is 35.5. The maximum atomic E-state index is 14.4. The van der Waals surface area contributed by atoms with Crippen LogP contribution in [0.15, 0.2) is 66.3 Å². The van der Waals surface area contributed by atoms with Crippen molar-refractivity contribution in [1.29, 1.82) is 0 Å². The SMILES string of the molecule is COc1cc2cc(c1Cl)N(C)C(=O)C[C@H](OC(=O)Nc1ccc(NC(=O)[C@H](CCCNC(N)=O)NC(=O)[C@@H](NC(=O)CCCCCN3C(=O)C=CC3O)C(C)C)cc1C)[C@]1(C)O[C@H]1[C@H](C)[C@@H]1C[C@@](O)(NC(=O)O1)[C@H](OC)/C=C/C=C(\C)C2. The van der Waals surface area contributed by atoms with Crippen molar-refractivity contribution in [2.24, 2.45) is 17.6 Å². The fourth-order valence-corrected chi connectivity index (χ4v) is 10.6. The van der Waals surface area contributed by atoms with Crippen LogP contribution in [0.25, 0.3) is 0 Å². The number of primary amides is 1. The van der Waals surface area contributed by atoms with Crippen molar-refractivity contribution >= 4 is 76.4 Å². The van der Waals surface area contributed by atoms with E-state index in [1.807, 2.05) is 13.0 Å². The third-order valence-corrected chi connectivity index (χ3v) is 15.5. The third-order valence-electron chi connectivity index (χ3n) is 15.1. The number of nitrogens with one attached hydrogen (secondary N) is 6. The van der Waals surface area contributed by atoms with E-state index in [0.717, 1.165) is 11.1 Å². The van der Waals surface area contributed by atoms with Gasteiger partial charge in [-0.2, -0.15) is 0 Å². The number of carbonyl (C=O) groups excluding carboxylic acids is 8. The number of amides is 9. The Balaban J connectivity index is 1.16. The first-order valence-corrected chi connectivity index (χ1v) is 27.7. The summed E-state index contributed by atoms with van der Waals surface area (Å²) in [6.45, 7) is 10.9. The van der Waals surface area contributed by atoms with Gasteiger partial charge in [0.15, 0.2) is 5.72 Å². The fraction of sp³-hybridized carbons (Fsp3) is 0.544. The van der Waals surface area contributed by atoms with Crippen molar-refractivity contribution in [3.05, 3.63) is 82.4 Å². The molecule has 25 heteroatoms. The number of nitrogens with two attached hydrogens (primary N) is 1. The van der Waals surface area contributed by atoms with Crippen molar-refractivity contribution in [3.63, 3.8) is 0 Å². The summed E-state index contributed by atoms with van der Waals surface area (Å²) in [4.78, 5) is 108. The van der Waals surface area contributed by atoms with Crippen LogP contribution in [-0.4, -0.2) is 151 Å². The molecule has 0 aliphatic carbocycles. The Hall–Kier alpha value is -7.25. The zero-order valence-corrected chi connectivity index (χ0v) is 48.6. The normalized spacial score (nSPS) is 26.2. The number of nitrogens with zero attached hydrogens (tertiary/aromatic N) is 2. The zero-order valence-electron chi connectivity index (χ0n) is 47.8. The van der Waals surface area contributed by atoms with E-state index in [1.165, 1.54) is 55.4 Å². The van der Waals surface area contributed by atoms with Crippen molar-refractivity contribution < 1.29 is 72.3 Å². The smallest absolute Gasteiger partial charge is 0.412 e. The second-order valence-electron chi connectivity index (χ2n) is 21.7. The first-order valence-electron chi connectivity index (χ1n) is 27.3. The summed E-state index contributed by atoms with van der Waals surface area (Å²) in [5.74, 6) is -3.07. The standard InChI is InChI=1S/C57H78ClN9O15/c1-31(2)49(64-44(68)18-11-10-12-24-67-45(69)21-22-46(67)70)52(73)62-38(16-14-23-60-53(59)74)51(72)61-36-19-20-37(33(4)26-36)63-54(75)81-43-29-47(71)66(7)39-27-35(28-40(78-8)48(39)58)25-32(3)15-13-17-42(79-9)57(77)30-41(80-55(76)65-57)34(5)50-56(43,6)82-50/h13,15,17,19-22,26-28,31,34,38,41-43,45,49-50,69,77H,10-12,14,16,18,23-25,29-30H2,1-9H3,(H,61,72)(H,62,73)(H,63,75)(H,64,68)(H,65,76)(H3,59,60,74)/b17-13+,32-15+/t34-,38+,41+,42-,43+,45?,49+,50+,56+,57+/m1/s1. The van der Waals surface area contributed by atoms with Crippen LogP contribution >= 0.6 is 11.6 Å². The Bertz CT molecular complexity index is 2810. The molecule has 0 spiro atoms. The molecule has 2 saturated heterocycles. The number of benzene rings is 2. The van der Waals surface area contributed by atoms with E-state index in [-0.39, 0.29) is 66.4 Å². The van der Waals surface area contributed by atoms with Gasteiger partial charge in [0.05, 0.1) is 25.3 Å². The number of alkyl carbamates (subject to hydrolysis) is 1. The number of fused-ring (bicyclic) bond motifs is 5. The van der Waals surface area contributed by atoms with Crippen LogP contribution in [0.4, 0.5) is 31.4 Å². The summed E-state index contributed by atoms with van der Waals surface area (Å²) in [6, 6.07) is 5.22. The summed E-state index contributed by atoms with van der Waals surface area (Å²) in [6.07, 6.45) is 3.04. The van der Waals surface area contributed by atoms with E-state index in [4.69, 9.17) is 41.0 Å². The number of aliphatic hydroxyl groups is 2. The number of halogens is 1.